The Morgan fingerprint density at radius 3 is 2.67 bits per heavy atom. The lowest BCUT2D eigenvalue weighted by atomic mass is 10.6. The normalized spacial score (nSPS) is 12.3. The maximum Gasteiger partial charge on any atom is 0.261 e. The van der Waals surface area contributed by atoms with Crippen molar-refractivity contribution in [1.82, 2.24) is 14.1 Å². The van der Waals surface area contributed by atoms with E-state index in [9.17, 15) is 8.42 Å². The summed E-state index contributed by atoms with van der Waals surface area (Å²) in [6.45, 7) is 0.0707. The summed E-state index contributed by atoms with van der Waals surface area (Å²) < 4.78 is 31.8. The van der Waals surface area contributed by atoms with Crippen LogP contribution >= 0.6 is 11.6 Å². The van der Waals surface area contributed by atoms with Crippen LogP contribution in [0.25, 0.3) is 0 Å². The molecule has 1 rings (SSSR count). The van der Waals surface area contributed by atoms with E-state index in [-0.39, 0.29) is 36.4 Å². The van der Waals surface area contributed by atoms with E-state index in [1.807, 2.05) is 0 Å². The Morgan fingerprint density at radius 1 is 1.56 bits per heavy atom. The monoisotopic (exact) mass is 297 g/mol. The van der Waals surface area contributed by atoms with Crippen LogP contribution in [0.5, 0.6) is 0 Å². The molecule has 0 aromatic carbocycles. The Morgan fingerprint density at radius 2 is 2.22 bits per heavy atom. The molecular formula is C9H16ClN3O4S. The van der Waals surface area contributed by atoms with Crippen LogP contribution in [0.4, 0.5) is 0 Å². The van der Waals surface area contributed by atoms with Crippen LogP contribution in [-0.4, -0.2) is 61.0 Å². The number of aryl methyl sites for hydroxylation is 1. The molecule has 0 amide bonds. The van der Waals surface area contributed by atoms with E-state index in [1.165, 1.54) is 25.0 Å². The lowest BCUT2D eigenvalue weighted by Crippen LogP contribution is -2.37. The van der Waals surface area contributed by atoms with E-state index in [2.05, 4.69) is 5.10 Å². The van der Waals surface area contributed by atoms with Crippen LogP contribution < -0.4 is 0 Å². The average molecular weight is 298 g/mol. The third-order valence-corrected chi connectivity index (χ3v) is 4.73. The maximum absolute atomic E-state index is 12.3. The van der Waals surface area contributed by atoms with Gasteiger partial charge in [0.25, 0.3) is 10.0 Å². The highest BCUT2D eigenvalue weighted by Gasteiger charge is 2.29. The highest BCUT2D eigenvalue weighted by Crippen LogP contribution is 2.23. The molecule has 9 heteroatoms. The standard InChI is InChI=1S/C9H16ClN3O4S/c1-12-9(8(10)7-11-12)18(15,16)13(3-5-14)4-6-17-2/h7,14H,3-6H2,1-2H3. The molecular weight excluding hydrogens is 282 g/mol. The first-order chi connectivity index (χ1) is 8.45. The summed E-state index contributed by atoms with van der Waals surface area (Å²) in [5.74, 6) is 0. The zero-order chi connectivity index (χ0) is 13.8. The van der Waals surface area contributed by atoms with Crippen LogP contribution in [-0.2, 0) is 21.8 Å². The molecule has 0 spiro atoms. The molecule has 18 heavy (non-hydrogen) atoms. The van der Waals surface area contributed by atoms with Crippen LogP contribution in [0, 0.1) is 0 Å². The number of hydrogen-bond donors (Lipinski definition) is 1. The molecule has 0 aliphatic heterocycles. The minimum absolute atomic E-state index is 0.0206. The molecule has 1 aromatic rings. The fourth-order valence-electron chi connectivity index (χ4n) is 1.47. The minimum atomic E-state index is -3.79. The number of aliphatic hydroxyl groups excluding tert-OH is 1. The largest absolute Gasteiger partial charge is 0.395 e. The van der Waals surface area contributed by atoms with E-state index in [4.69, 9.17) is 21.4 Å². The highest BCUT2D eigenvalue weighted by atomic mass is 35.5. The minimum Gasteiger partial charge on any atom is -0.395 e. The number of aliphatic hydroxyl groups is 1. The van der Waals surface area contributed by atoms with Crippen molar-refractivity contribution >= 4 is 21.6 Å². The number of nitrogens with zero attached hydrogens (tertiary/aromatic N) is 3. The highest BCUT2D eigenvalue weighted by molar-refractivity contribution is 7.89. The van der Waals surface area contributed by atoms with Crippen molar-refractivity contribution in [3.05, 3.63) is 11.2 Å². The molecule has 104 valence electrons. The van der Waals surface area contributed by atoms with Gasteiger partial charge in [-0.15, -0.1) is 0 Å². The summed E-state index contributed by atoms with van der Waals surface area (Å²) in [6.07, 6.45) is 1.27. The Kier molecular flexibility index (Phi) is 5.54. The van der Waals surface area contributed by atoms with Gasteiger partial charge >= 0.3 is 0 Å². The summed E-state index contributed by atoms with van der Waals surface area (Å²) in [5.41, 5.74) is 0. The van der Waals surface area contributed by atoms with Gasteiger partial charge in [-0.2, -0.15) is 9.40 Å². The van der Waals surface area contributed by atoms with Crippen LogP contribution in [0.3, 0.4) is 0 Å². The molecule has 0 saturated carbocycles. The first-order valence-electron chi connectivity index (χ1n) is 5.22. The number of aromatic nitrogens is 2. The van der Waals surface area contributed by atoms with Crippen molar-refractivity contribution < 1.29 is 18.3 Å². The molecule has 0 aliphatic rings. The lowest BCUT2D eigenvalue weighted by molar-refractivity contribution is 0.168. The topological polar surface area (TPSA) is 84.7 Å². The summed E-state index contributed by atoms with van der Waals surface area (Å²) in [4.78, 5) is 0. The van der Waals surface area contributed by atoms with Gasteiger partial charge in [0.05, 0.1) is 24.4 Å². The Hall–Kier alpha value is -0.670. The summed E-state index contributed by atoms with van der Waals surface area (Å²) in [7, 11) is -0.826. The van der Waals surface area contributed by atoms with Crippen molar-refractivity contribution in [2.24, 2.45) is 7.05 Å². The van der Waals surface area contributed by atoms with Crippen molar-refractivity contribution in [1.29, 1.82) is 0 Å². The summed E-state index contributed by atoms with van der Waals surface area (Å²) >= 11 is 5.82. The summed E-state index contributed by atoms with van der Waals surface area (Å²) in [6, 6.07) is 0. The lowest BCUT2D eigenvalue weighted by Gasteiger charge is -2.20. The second-order valence-electron chi connectivity index (χ2n) is 3.54. The number of sulfonamides is 1. The van der Waals surface area contributed by atoms with Gasteiger partial charge in [0.1, 0.15) is 0 Å². The van der Waals surface area contributed by atoms with Crippen LogP contribution in [0.15, 0.2) is 11.2 Å². The average Bonchev–Trinajstić information content (AvgIpc) is 2.64. The van der Waals surface area contributed by atoms with Crippen molar-refractivity contribution in [2.75, 3.05) is 33.4 Å². The molecule has 0 radical (unpaired) electrons. The zero-order valence-electron chi connectivity index (χ0n) is 10.2. The number of halogens is 1. The van der Waals surface area contributed by atoms with Gasteiger partial charge in [0, 0.05) is 27.2 Å². The van der Waals surface area contributed by atoms with E-state index < -0.39 is 10.0 Å². The van der Waals surface area contributed by atoms with Crippen molar-refractivity contribution in [3.63, 3.8) is 0 Å². The molecule has 1 N–H and O–H groups in total. The molecule has 0 unspecified atom stereocenters. The number of rotatable bonds is 7. The zero-order valence-corrected chi connectivity index (χ0v) is 11.8. The van der Waals surface area contributed by atoms with Gasteiger partial charge in [-0.25, -0.2) is 8.42 Å². The maximum atomic E-state index is 12.3. The molecule has 1 aromatic heterocycles. The summed E-state index contributed by atoms with van der Waals surface area (Å²) in [5, 5.41) is 12.7. The van der Waals surface area contributed by atoms with E-state index in [0.717, 1.165) is 4.31 Å². The molecule has 7 nitrogen and oxygen atoms in total. The van der Waals surface area contributed by atoms with Gasteiger partial charge in [-0.05, 0) is 0 Å². The first-order valence-corrected chi connectivity index (χ1v) is 7.04. The predicted molar refractivity (Wildman–Crippen MR) is 65.9 cm³/mol. The molecule has 0 bridgehead atoms. The number of ether oxygens (including phenoxy) is 1. The predicted octanol–water partition coefficient (Wildman–Crippen LogP) is -0.297. The molecule has 0 saturated heterocycles. The van der Waals surface area contributed by atoms with Gasteiger partial charge < -0.3 is 9.84 Å². The quantitative estimate of drug-likeness (QED) is 0.747. The fraction of sp³-hybridized carbons (Fsp3) is 0.667. The SMILES string of the molecule is COCCN(CCO)S(=O)(=O)c1c(Cl)cnn1C. The molecule has 0 fully saturated rings. The molecule has 1 heterocycles. The van der Waals surface area contributed by atoms with E-state index in [0.29, 0.717) is 0 Å². The second-order valence-corrected chi connectivity index (χ2v) is 5.80. The van der Waals surface area contributed by atoms with Crippen LogP contribution in [0.1, 0.15) is 0 Å². The molecule has 0 aliphatic carbocycles. The third kappa shape index (κ3) is 3.21. The van der Waals surface area contributed by atoms with Gasteiger partial charge in [0.2, 0.25) is 0 Å². The van der Waals surface area contributed by atoms with Crippen LogP contribution in [0.2, 0.25) is 5.02 Å². The van der Waals surface area contributed by atoms with Crippen molar-refractivity contribution in [2.45, 2.75) is 5.03 Å². The van der Waals surface area contributed by atoms with E-state index in [1.54, 1.807) is 0 Å². The number of methoxy groups -OCH3 is 1. The Bertz CT molecular complexity index is 469. The van der Waals surface area contributed by atoms with Crippen molar-refractivity contribution in [3.8, 4) is 0 Å². The first kappa shape index (κ1) is 15.4. The fourth-order valence-corrected chi connectivity index (χ4v) is 3.49. The van der Waals surface area contributed by atoms with Gasteiger partial charge in [-0.1, -0.05) is 11.6 Å². The van der Waals surface area contributed by atoms with E-state index >= 15 is 0 Å². The Balaban J connectivity index is 3.09. The third-order valence-electron chi connectivity index (χ3n) is 2.32. The molecule has 0 atom stereocenters. The van der Waals surface area contributed by atoms with Gasteiger partial charge in [0.15, 0.2) is 5.03 Å². The smallest absolute Gasteiger partial charge is 0.261 e. The van der Waals surface area contributed by atoms with Gasteiger partial charge in [-0.3, -0.25) is 4.68 Å². The second kappa shape index (κ2) is 6.48. The number of hydrogen-bond acceptors (Lipinski definition) is 5. The Labute approximate surface area is 111 Å².